The highest BCUT2D eigenvalue weighted by atomic mass is 16.2. The molecule has 1 heterocycles. The van der Waals surface area contributed by atoms with E-state index in [1.165, 1.54) is 24.3 Å². The molecule has 0 spiro atoms. The molecule has 8 heteroatoms. The van der Waals surface area contributed by atoms with Gasteiger partial charge in [-0.1, -0.05) is 42.5 Å². The van der Waals surface area contributed by atoms with E-state index in [0.717, 1.165) is 10.1 Å². The fraction of sp³-hybridized carbons (Fsp3) is 0.0833. The molecule has 1 aromatic heterocycles. The van der Waals surface area contributed by atoms with Crippen molar-refractivity contribution in [2.75, 3.05) is 5.32 Å². The number of hydrogen-bond donors (Lipinski definition) is 3. The zero-order chi connectivity index (χ0) is 22.7. The predicted molar refractivity (Wildman–Crippen MR) is 122 cm³/mol. The minimum Gasteiger partial charge on any atom is -0.366 e. The average Bonchev–Trinajstić information content (AvgIpc) is 2.79. The standard InChI is InChI=1S/C24H20N4O4/c25-21(29)16-10-12-17(13-11-16)26-22(30)20(14-15-6-2-1-3-7-15)28-23(31)18-8-4-5-9-19(18)27-24(28)32/h1-13,20H,14H2,(H2,25,29)(H,26,30)(H,27,32)/t20-/m0/s1. The van der Waals surface area contributed by atoms with Crippen LogP contribution in [0.1, 0.15) is 22.0 Å². The van der Waals surface area contributed by atoms with Gasteiger partial charge in [0, 0.05) is 17.7 Å². The lowest BCUT2D eigenvalue weighted by atomic mass is 10.0. The molecule has 0 aliphatic carbocycles. The van der Waals surface area contributed by atoms with Crippen molar-refractivity contribution in [3.63, 3.8) is 0 Å². The number of aromatic amines is 1. The van der Waals surface area contributed by atoms with Crippen LogP contribution in [-0.4, -0.2) is 21.4 Å². The first-order valence-corrected chi connectivity index (χ1v) is 9.92. The Hall–Kier alpha value is -4.46. The molecular weight excluding hydrogens is 408 g/mol. The molecule has 4 N–H and O–H groups in total. The molecule has 0 aliphatic heterocycles. The Kier molecular flexibility index (Phi) is 5.67. The van der Waals surface area contributed by atoms with E-state index in [-0.39, 0.29) is 6.42 Å². The monoisotopic (exact) mass is 428 g/mol. The molecule has 4 rings (SSSR count). The SMILES string of the molecule is NC(=O)c1ccc(NC(=O)[C@H](Cc2ccccc2)n2c(=O)[nH]c3ccccc3c2=O)cc1. The van der Waals surface area contributed by atoms with E-state index in [1.807, 2.05) is 30.3 Å². The Labute approximate surface area is 182 Å². The van der Waals surface area contributed by atoms with E-state index in [2.05, 4.69) is 10.3 Å². The van der Waals surface area contributed by atoms with Crippen molar-refractivity contribution in [1.82, 2.24) is 9.55 Å². The van der Waals surface area contributed by atoms with Crippen LogP contribution in [0, 0.1) is 0 Å². The Morgan fingerprint density at radius 3 is 2.25 bits per heavy atom. The fourth-order valence-electron chi connectivity index (χ4n) is 3.54. The van der Waals surface area contributed by atoms with Gasteiger partial charge in [0.1, 0.15) is 6.04 Å². The van der Waals surface area contributed by atoms with Gasteiger partial charge >= 0.3 is 5.69 Å². The molecule has 0 saturated heterocycles. The minimum atomic E-state index is -1.10. The second-order valence-electron chi connectivity index (χ2n) is 7.29. The third-order valence-electron chi connectivity index (χ3n) is 5.16. The molecule has 4 aromatic rings. The normalized spacial score (nSPS) is 11.8. The number of aromatic nitrogens is 2. The number of rotatable bonds is 6. The third kappa shape index (κ3) is 4.20. The van der Waals surface area contributed by atoms with Gasteiger partial charge in [-0.05, 0) is 42.0 Å². The van der Waals surface area contributed by atoms with Crippen molar-refractivity contribution in [3.05, 3.63) is 111 Å². The van der Waals surface area contributed by atoms with Gasteiger partial charge in [-0.15, -0.1) is 0 Å². The largest absolute Gasteiger partial charge is 0.366 e. The highest BCUT2D eigenvalue weighted by Crippen LogP contribution is 2.17. The summed E-state index contributed by atoms with van der Waals surface area (Å²) in [6.45, 7) is 0. The van der Waals surface area contributed by atoms with Crippen LogP contribution in [-0.2, 0) is 11.2 Å². The lowest BCUT2D eigenvalue weighted by Gasteiger charge is -2.19. The van der Waals surface area contributed by atoms with Crippen LogP contribution in [0.5, 0.6) is 0 Å². The molecule has 8 nitrogen and oxygen atoms in total. The van der Waals surface area contributed by atoms with Gasteiger partial charge in [0.2, 0.25) is 11.8 Å². The fourth-order valence-corrected chi connectivity index (χ4v) is 3.54. The number of H-pyrrole nitrogens is 1. The van der Waals surface area contributed by atoms with Crippen LogP contribution >= 0.6 is 0 Å². The second-order valence-corrected chi connectivity index (χ2v) is 7.29. The number of anilines is 1. The molecule has 0 saturated carbocycles. The van der Waals surface area contributed by atoms with Crippen molar-refractivity contribution in [2.45, 2.75) is 12.5 Å². The average molecular weight is 428 g/mol. The smallest absolute Gasteiger partial charge is 0.329 e. The van der Waals surface area contributed by atoms with Gasteiger partial charge in [0.05, 0.1) is 10.9 Å². The highest BCUT2D eigenvalue weighted by Gasteiger charge is 2.25. The van der Waals surface area contributed by atoms with Gasteiger partial charge in [0.15, 0.2) is 0 Å². The van der Waals surface area contributed by atoms with Gasteiger partial charge in [-0.25, -0.2) is 9.36 Å². The number of nitrogens with one attached hydrogen (secondary N) is 2. The van der Waals surface area contributed by atoms with E-state index < -0.39 is 29.1 Å². The van der Waals surface area contributed by atoms with Crippen molar-refractivity contribution in [1.29, 1.82) is 0 Å². The number of fused-ring (bicyclic) bond motifs is 1. The molecule has 0 unspecified atom stereocenters. The maximum Gasteiger partial charge on any atom is 0.329 e. The predicted octanol–water partition coefficient (Wildman–Crippen LogP) is 2.21. The summed E-state index contributed by atoms with van der Waals surface area (Å²) < 4.78 is 0.947. The number of primary amides is 1. The Morgan fingerprint density at radius 2 is 1.56 bits per heavy atom. The number of carbonyl (C=O) groups is 2. The first kappa shape index (κ1) is 20.8. The molecule has 0 radical (unpaired) electrons. The summed E-state index contributed by atoms with van der Waals surface area (Å²) in [4.78, 5) is 53.2. The highest BCUT2D eigenvalue weighted by molar-refractivity contribution is 5.96. The Bertz CT molecular complexity index is 1410. The quantitative estimate of drug-likeness (QED) is 0.435. The summed E-state index contributed by atoms with van der Waals surface area (Å²) >= 11 is 0. The van der Waals surface area contributed by atoms with Crippen molar-refractivity contribution < 1.29 is 9.59 Å². The van der Waals surface area contributed by atoms with E-state index in [0.29, 0.717) is 22.2 Å². The third-order valence-corrected chi connectivity index (χ3v) is 5.16. The van der Waals surface area contributed by atoms with Gasteiger partial charge in [0.25, 0.3) is 5.56 Å². The van der Waals surface area contributed by atoms with Crippen LogP contribution in [0.3, 0.4) is 0 Å². The number of nitrogens with two attached hydrogens (primary N) is 1. The van der Waals surface area contributed by atoms with Crippen molar-refractivity contribution >= 4 is 28.4 Å². The summed E-state index contributed by atoms with van der Waals surface area (Å²) in [6, 6.07) is 20.7. The molecular formula is C24H20N4O4. The number of nitrogens with zero attached hydrogens (tertiary/aromatic N) is 1. The van der Waals surface area contributed by atoms with E-state index in [1.54, 1.807) is 24.3 Å². The van der Waals surface area contributed by atoms with Crippen molar-refractivity contribution in [3.8, 4) is 0 Å². The number of amides is 2. The number of para-hydroxylation sites is 1. The maximum absolute atomic E-state index is 13.3. The Morgan fingerprint density at radius 1 is 0.906 bits per heavy atom. The first-order valence-electron chi connectivity index (χ1n) is 9.92. The molecule has 0 bridgehead atoms. The molecule has 0 aliphatic rings. The van der Waals surface area contributed by atoms with E-state index in [9.17, 15) is 19.2 Å². The van der Waals surface area contributed by atoms with Crippen LogP contribution in [0.25, 0.3) is 10.9 Å². The number of carbonyl (C=O) groups excluding carboxylic acids is 2. The minimum absolute atomic E-state index is 0.132. The summed E-state index contributed by atoms with van der Waals surface area (Å²) in [5.74, 6) is -1.12. The molecule has 2 amide bonds. The molecule has 0 fully saturated rings. The topological polar surface area (TPSA) is 127 Å². The van der Waals surface area contributed by atoms with E-state index >= 15 is 0 Å². The number of benzene rings is 3. The summed E-state index contributed by atoms with van der Waals surface area (Å²) in [6.07, 6.45) is 0.132. The van der Waals surface area contributed by atoms with Crippen LogP contribution in [0.2, 0.25) is 0 Å². The molecule has 32 heavy (non-hydrogen) atoms. The second kappa shape index (κ2) is 8.73. The lowest BCUT2D eigenvalue weighted by molar-refractivity contribution is -0.119. The zero-order valence-electron chi connectivity index (χ0n) is 16.9. The van der Waals surface area contributed by atoms with E-state index in [4.69, 9.17) is 5.73 Å². The lowest BCUT2D eigenvalue weighted by Crippen LogP contribution is -2.43. The summed E-state index contributed by atoms with van der Waals surface area (Å²) in [5, 5.41) is 3.03. The summed E-state index contributed by atoms with van der Waals surface area (Å²) in [5.41, 5.74) is 5.92. The molecule has 3 aromatic carbocycles. The Balaban J connectivity index is 1.76. The molecule has 1 atom stereocenters. The number of hydrogen-bond acceptors (Lipinski definition) is 4. The van der Waals surface area contributed by atoms with Crippen molar-refractivity contribution in [2.24, 2.45) is 5.73 Å². The molecule has 160 valence electrons. The summed E-state index contributed by atoms with van der Waals surface area (Å²) in [7, 11) is 0. The van der Waals surface area contributed by atoms with Gasteiger partial charge in [-0.3, -0.25) is 14.4 Å². The zero-order valence-corrected chi connectivity index (χ0v) is 16.9. The van der Waals surface area contributed by atoms with Gasteiger partial charge in [-0.2, -0.15) is 0 Å². The van der Waals surface area contributed by atoms with Crippen LogP contribution < -0.4 is 22.3 Å². The van der Waals surface area contributed by atoms with Crippen LogP contribution in [0.4, 0.5) is 5.69 Å². The van der Waals surface area contributed by atoms with Crippen LogP contribution in [0.15, 0.2) is 88.5 Å². The first-order chi connectivity index (χ1) is 15.4. The maximum atomic E-state index is 13.3. The van der Waals surface area contributed by atoms with Gasteiger partial charge < -0.3 is 16.0 Å².